The first-order chi connectivity index (χ1) is 11.3. The third kappa shape index (κ3) is 4.12. The Kier molecular flexibility index (Phi) is 5.58. The lowest BCUT2D eigenvalue weighted by Crippen LogP contribution is -2.37. The predicted octanol–water partition coefficient (Wildman–Crippen LogP) is 0.630. The van der Waals surface area contributed by atoms with Crippen LogP contribution in [0, 0.1) is 13.8 Å². The first kappa shape index (κ1) is 18.0. The van der Waals surface area contributed by atoms with Gasteiger partial charge in [-0.2, -0.15) is 5.10 Å². The molecule has 8 nitrogen and oxygen atoms in total. The van der Waals surface area contributed by atoms with Gasteiger partial charge in [0.15, 0.2) is 0 Å². The molecular weight excluding hydrogens is 332 g/mol. The first-order valence-corrected chi connectivity index (χ1v) is 8.73. The summed E-state index contributed by atoms with van der Waals surface area (Å²) in [4.78, 5) is 12.0. The van der Waals surface area contributed by atoms with Crippen molar-refractivity contribution < 1.29 is 17.9 Å². The SMILES string of the molecule is COc1ccccc1CNC(=O)CNS(=O)(=O)c1c(C)n[nH]c1C. The quantitative estimate of drug-likeness (QED) is 0.676. The lowest BCUT2D eigenvalue weighted by Gasteiger charge is -2.10. The van der Waals surface area contributed by atoms with Crippen molar-refractivity contribution in [2.45, 2.75) is 25.3 Å². The predicted molar refractivity (Wildman–Crippen MR) is 88.1 cm³/mol. The molecule has 1 amide bonds. The molecule has 9 heteroatoms. The third-order valence-electron chi connectivity index (χ3n) is 3.42. The van der Waals surface area contributed by atoms with Crippen LogP contribution in [0.15, 0.2) is 29.2 Å². The molecule has 0 aliphatic heterocycles. The van der Waals surface area contributed by atoms with E-state index in [1.807, 2.05) is 18.2 Å². The van der Waals surface area contributed by atoms with E-state index in [1.165, 1.54) is 0 Å². The molecule has 1 heterocycles. The number of aromatic amines is 1. The van der Waals surface area contributed by atoms with Crippen LogP contribution in [0.5, 0.6) is 5.75 Å². The standard InChI is InChI=1S/C15H20N4O4S/c1-10-15(11(2)19-18-10)24(21,22)17-9-14(20)16-8-12-6-4-5-7-13(12)23-3/h4-7,17H,8-9H2,1-3H3,(H,16,20)(H,18,19). The van der Waals surface area contributed by atoms with Crippen molar-refractivity contribution in [2.75, 3.05) is 13.7 Å². The zero-order valence-corrected chi connectivity index (χ0v) is 14.5. The van der Waals surface area contributed by atoms with Crippen LogP contribution in [0.25, 0.3) is 0 Å². The number of aryl methyl sites for hydroxylation is 2. The van der Waals surface area contributed by atoms with Crippen LogP contribution in [0.3, 0.4) is 0 Å². The average molecular weight is 352 g/mol. The highest BCUT2D eigenvalue weighted by atomic mass is 32.2. The van der Waals surface area contributed by atoms with Crippen molar-refractivity contribution in [3.8, 4) is 5.75 Å². The highest BCUT2D eigenvalue weighted by molar-refractivity contribution is 7.89. The van der Waals surface area contributed by atoms with Gasteiger partial charge in [0, 0.05) is 12.1 Å². The minimum absolute atomic E-state index is 0.0695. The van der Waals surface area contributed by atoms with Crippen molar-refractivity contribution in [3.05, 3.63) is 41.2 Å². The molecule has 2 aromatic rings. The number of nitrogens with zero attached hydrogens (tertiary/aromatic N) is 1. The van der Waals surface area contributed by atoms with Crippen LogP contribution >= 0.6 is 0 Å². The van der Waals surface area contributed by atoms with Gasteiger partial charge >= 0.3 is 0 Å². The largest absolute Gasteiger partial charge is 0.496 e. The highest BCUT2D eigenvalue weighted by Gasteiger charge is 2.22. The molecule has 24 heavy (non-hydrogen) atoms. The summed E-state index contributed by atoms with van der Waals surface area (Å²) in [5.74, 6) is 0.214. The summed E-state index contributed by atoms with van der Waals surface area (Å²) in [6.45, 7) is 3.08. The molecular formula is C15H20N4O4S. The Labute approximate surface area is 140 Å². The summed E-state index contributed by atoms with van der Waals surface area (Å²) in [7, 11) is -2.25. The summed E-state index contributed by atoms with van der Waals surface area (Å²) in [6.07, 6.45) is 0. The van der Waals surface area contributed by atoms with Gasteiger partial charge in [-0.25, -0.2) is 13.1 Å². The molecule has 0 fully saturated rings. The third-order valence-corrected chi connectivity index (χ3v) is 5.08. The number of amides is 1. The Balaban J connectivity index is 1.94. The molecule has 1 aromatic carbocycles. The Morgan fingerprint density at radius 2 is 2.00 bits per heavy atom. The van der Waals surface area contributed by atoms with E-state index in [1.54, 1.807) is 27.0 Å². The minimum atomic E-state index is -3.80. The van der Waals surface area contributed by atoms with E-state index in [4.69, 9.17) is 4.74 Å². The fourth-order valence-corrected chi connectivity index (χ4v) is 3.62. The van der Waals surface area contributed by atoms with Crippen molar-refractivity contribution in [1.82, 2.24) is 20.2 Å². The minimum Gasteiger partial charge on any atom is -0.496 e. The number of hydrogen-bond donors (Lipinski definition) is 3. The van der Waals surface area contributed by atoms with Gasteiger partial charge in [-0.05, 0) is 19.9 Å². The topological polar surface area (TPSA) is 113 Å². The van der Waals surface area contributed by atoms with Crippen molar-refractivity contribution >= 4 is 15.9 Å². The number of nitrogens with one attached hydrogen (secondary N) is 3. The van der Waals surface area contributed by atoms with Gasteiger partial charge in [-0.15, -0.1) is 0 Å². The molecule has 0 aliphatic carbocycles. The number of sulfonamides is 1. The van der Waals surface area contributed by atoms with Gasteiger partial charge in [-0.3, -0.25) is 9.89 Å². The summed E-state index contributed by atoms with van der Waals surface area (Å²) in [5, 5.41) is 9.10. The lowest BCUT2D eigenvalue weighted by atomic mass is 10.2. The number of carbonyl (C=O) groups is 1. The Bertz CT molecular complexity index is 810. The normalized spacial score (nSPS) is 11.3. The summed E-state index contributed by atoms with van der Waals surface area (Å²) >= 11 is 0. The van der Waals surface area contributed by atoms with Crippen LogP contribution in [-0.4, -0.2) is 38.2 Å². The number of ether oxygens (including phenoxy) is 1. The van der Waals surface area contributed by atoms with Crippen molar-refractivity contribution in [3.63, 3.8) is 0 Å². The van der Waals surface area contributed by atoms with E-state index in [0.717, 1.165) is 5.56 Å². The van der Waals surface area contributed by atoms with E-state index in [2.05, 4.69) is 20.2 Å². The Morgan fingerprint density at radius 3 is 2.62 bits per heavy atom. The summed E-state index contributed by atoms with van der Waals surface area (Å²) < 4.78 is 32.0. The molecule has 0 saturated heterocycles. The number of aromatic nitrogens is 2. The maximum absolute atomic E-state index is 12.2. The van der Waals surface area contributed by atoms with Gasteiger partial charge < -0.3 is 10.1 Å². The number of methoxy groups -OCH3 is 1. The zero-order valence-electron chi connectivity index (χ0n) is 13.7. The van der Waals surface area contributed by atoms with Crippen molar-refractivity contribution in [1.29, 1.82) is 0 Å². The van der Waals surface area contributed by atoms with Crippen LogP contribution in [-0.2, 0) is 21.4 Å². The summed E-state index contributed by atoms with van der Waals surface area (Å²) in [5.41, 5.74) is 1.58. The number of rotatable bonds is 7. The van der Waals surface area contributed by atoms with Crippen molar-refractivity contribution in [2.24, 2.45) is 0 Å². The second kappa shape index (κ2) is 7.45. The number of benzene rings is 1. The van der Waals surface area contributed by atoms with E-state index in [0.29, 0.717) is 17.1 Å². The Hall–Kier alpha value is -2.39. The van der Waals surface area contributed by atoms with Gasteiger partial charge in [0.05, 0.1) is 25.0 Å². The Morgan fingerprint density at radius 1 is 1.29 bits per heavy atom. The lowest BCUT2D eigenvalue weighted by molar-refractivity contribution is -0.120. The molecule has 0 spiro atoms. The average Bonchev–Trinajstić information content (AvgIpc) is 2.90. The van der Waals surface area contributed by atoms with Gasteiger partial charge in [0.2, 0.25) is 15.9 Å². The molecule has 0 radical (unpaired) electrons. The zero-order chi connectivity index (χ0) is 17.7. The smallest absolute Gasteiger partial charge is 0.244 e. The van der Waals surface area contributed by atoms with Gasteiger partial charge in [-0.1, -0.05) is 18.2 Å². The maximum Gasteiger partial charge on any atom is 0.244 e. The molecule has 2 rings (SSSR count). The monoisotopic (exact) mass is 352 g/mol. The highest BCUT2D eigenvalue weighted by Crippen LogP contribution is 2.17. The maximum atomic E-state index is 12.2. The summed E-state index contributed by atoms with van der Waals surface area (Å²) in [6, 6.07) is 7.27. The number of hydrogen-bond acceptors (Lipinski definition) is 5. The number of carbonyl (C=O) groups excluding carboxylic acids is 1. The first-order valence-electron chi connectivity index (χ1n) is 7.25. The van der Waals surface area contributed by atoms with E-state index in [9.17, 15) is 13.2 Å². The molecule has 3 N–H and O–H groups in total. The van der Waals surface area contributed by atoms with Crippen LogP contribution in [0.4, 0.5) is 0 Å². The molecule has 0 unspecified atom stereocenters. The second-order valence-corrected chi connectivity index (χ2v) is 6.88. The van der Waals surface area contributed by atoms with Crippen LogP contribution < -0.4 is 14.8 Å². The molecule has 0 saturated carbocycles. The second-order valence-electron chi connectivity index (χ2n) is 5.18. The fourth-order valence-electron chi connectivity index (χ4n) is 2.27. The van der Waals surface area contributed by atoms with E-state index >= 15 is 0 Å². The van der Waals surface area contributed by atoms with Gasteiger partial charge in [0.1, 0.15) is 10.6 Å². The van der Waals surface area contributed by atoms with E-state index in [-0.39, 0.29) is 18.0 Å². The molecule has 130 valence electrons. The number of H-pyrrole nitrogens is 1. The fraction of sp³-hybridized carbons (Fsp3) is 0.333. The molecule has 1 aromatic heterocycles. The molecule has 0 atom stereocenters. The number of para-hydroxylation sites is 1. The van der Waals surface area contributed by atoms with Crippen LogP contribution in [0.2, 0.25) is 0 Å². The molecule has 0 bridgehead atoms. The molecule has 0 aliphatic rings. The van der Waals surface area contributed by atoms with Crippen LogP contribution in [0.1, 0.15) is 17.0 Å². The van der Waals surface area contributed by atoms with Gasteiger partial charge in [0.25, 0.3) is 0 Å². The van der Waals surface area contributed by atoms with E-state index < -0.39 is 15.9 Å².